The van der Waals surface area contributed by atoms with Crippen LogP contribution in [0.2, 0.25) is 5.02 Å². The third kappa shape index (κ3) is 7.17. The predicted octanol–water partition coefficient (Wildman–Crippen LogP) is 1.98. The number of aromatic nitrogens is 1. The Kier molecular flexibility index (Phi) is 9.18. The van der Waals surface area contributed by atoms with Crippen molar-refractivity contribution in [1.82, 2.24) is 14.2 Å². The van der Waals surface area contributed by atoms with E-state index in [2.05, 4.69) is 9.88 Å². The first kappa shape index (κ1) is 30.4. The van der Waals surface area contributed by atoms with Gasteiger partial charge in [-0.25, -0.2) is 16.8 Å². The molecule has 0 radical (unpaired) electrons. The van der Waals surface area contributed by atoms with E-state index >= 15 is 0 Å². The molecule has 2 N–H and O–H groups in total. The summed E-state index contributed by atoms with van der Waals surface area (Å²) in [6, 6.07) is 10.7. The number of sulfone groups is 1. The van der Waals surface area contributed by atoms with E-state index < -0.39 is 31.4 Å². The van der Waals surface area contributed by atoms with Crippen molar-refractivity contribution in [1.29, 1.82) is 0 Å². The summed E-state index contributed by atoms with van der Waals surface area (Å²) in [4.78, 5) is 18.8. The van der Waals surface area contributed by atoms with Gasteiger partial charge in [0, 0.05) is 67.8 Å². The minimum absolute atomic E-state index is 0.0365. The molecule has 2 aromatic rings. The Morgan fingerprint density at radius 3 is 2.40 bits per heavy atom. The number of hydrogen-bond donors (Lipinski definition) is 1. The number of primary amides is 1. The zero-order valence-electron chi connectivity index (χ0n) is 22.4. The minimum Gasteiger partial charge on any atom is -0.366 e. The normalized spacial score (nSPS) is 21.1. The molecule has 4 rings (SSSR count). The van der Waals surface area contributed by atoms with Crippen molar-refractivity contribution in [3.8, 4) is 11.3 Å². The van der Waals surface area contributed by atoms with E-state index in [1.54, 1.807) is 36.5 Å². The molecule has 1 atom stereocenters. The Morgan fingerprint density at radius 1 is 1.07 bits per heavy atom. The van der Waals surface area contributed by atoms with Crippen LogP contribution in [0.15, 0.2) is 65.9 Å². The first-order chi connectivity index (χ1) is 18.8. The van der Waals surface area contributed by atoms with E-state index in [0.717, 1.165) is 6.26 Å². The van der Waals surface area contributed by atoms with Crippen molar-refractivity contribution in [3.05, 3.63) is 76.5 Å². The lowest BCUT2D eigenvalue weighted by Crippen LogP contribution is -2.49. The molecule has 1 saturated heterocycles. The van der Waals surface area contributed by atoms with Crippen molar-refractivity contribution in [2.45, 2.75) is 12.0 Å². The molecule has 216 valence electrons. The Labute approximate surface area is 240 Å². The number of hydrogen-bond acceptors (Lipinski definition) is 8. The Morgan fingerprint density at radius 2 is 1.80 bits per heavy atom. The van der Waals surface area contributed by atoms with Crippen LogP contribution in [0.3, 0.4) is 0 Å². The molecular weight excluding hydrogens is 576 g/mol. The van der Waals surface area contributed by atoms with E-state index in [1.165, 1.54) is 10.6 Å². The van der Waals surface area contributed by atoms with Gasteiger partial charge in [0.25, 0.3) is 0 Å². The number of sulfonamides is 1. The molecule has 1 fully saturated rings. The number of pyridine rings is 1. The van der Waals surface area contributed by atoms with Crippen molar-refractivity contribution < 1.29 is 26.4 Å². The molecule has 1 aromatic heterocycles. The monoisotopic (exact) mass is 608 g/mol. The van der Waals surface area contributed by atoms with Crippen LogP contribution in [0.1, 0.15) is 12.0 Å². The van der Waals surface area contributed by atoms with E-state index in [4.69, 9.17) is 22.1 Å². The van der Waals surface area contributed by atoms with E-state index in [9.17, 15) is 21.6 Å². The number of carbonyl (C=O) groups is 1. The average molecular weight is 609 g/mol. The summed E-state index contributed by atoms with van der Waals surface area (Å²) < 4.78 is 56.8. The van der Waals surface area contributed by atoms with Gasteiger partial charge in [-0.3, -0.25) is 14.7 Å². The van der Waals surface area contributed by atoms with Crippen LogP contribution in [0.4, 0.5) is 0 Å². The van der Waals surface area contributed by atoms with E-state index in [1.807, 2.05) is 18.2 Å². The quantitative estimate of drug-likeness (QED) is 0.432. The molecule has 2 aliphatic rings. The highest BCUT2D eigenvalue weighted by Gasteiger charge is 2.42. The number of allylic oxidation sites excluding steroid dienone is 2. The Hall–Kier alpha value is -2.61. The SMILES string of the molecule is CS(=O)(=O)CC1=CC=C(C(N)=O)CC1(OCCN1CCN(S(C)(=O)=O)CC1)c1ccc(Cl)c(-c2ccccn2)c1. The zero-order valence-corrected chi connectivity index (χ0v) is 24.8. The van der Waals surface area contributed by atoms with Gasteiger partial charge in [0.1, 0.15) is 5.60 Å². The van der Waals surface area contributed by atoms with Gasteiger partial charge < -0.3 is 10.5 Å². The lowest BCUT2D eigenvalue weighted by Gasteiger charge is -2.40. The predicted molar refractivity (Wildman–Crippen MR) is 155 cm³/mol. The second-order valence-electron chi connectivity index (χ2n) is 10.1. The summed E-state index contributed by atoms with van der Waals surface area (Å²) in [6.45, 7) is 2.49. The van der Waals surface area contributed by atoms with Gasteiger partial charge in [0.05, 0.1) is 24.3 Å². The fourth-order valence-electron chi connectivity index (χ4n) is 5.04. The smallest absolute Gasteiger partial charge is 0.244 e. The standard InChI is InChI=1S/C27H33ClN4O6S2/c1-39(34,35)19-22-7-6-20(26(29)33)18-27(22,38-16-15-31-11-13-32(14-12-31)40(2,36)37)21-8-9-24(28)23(17-21)25-5-3-4-10-30-25/h3-10,17H,11-16,18-19H2,1-2H3,(H2,29,33). The summed E-state index contributed by atoms with van der Waals surface area (Å²) in [5.41, 5.74) is 7.00. The first-order valence-electron chi connectivity index (χ1n) is 12.7. The second-order valence-corrected chi connectivity index (χ2v) is 14.6. The summed E-state index contributed by atoms with van der Waals surface area (Å²) in [5.74, 6) is -0.914. The minimum atomic E-state index is -3.48. The van der Waals surface area contributed by atoms with Crippen LogP contribution in [-0.2, 0) is 35.0 Å². The molecule has 1 aliphatic carbocycles. The van der Waals surface area contributed by atoms with Crippen molar-refractivity contribution >= 4 is 37.4 Å². The van der Waals surface area contributed by atoms with Gasteiger partial charge in [0.15, 0.2) is 9.84 Å². The molecule has 1 aromatic carbocycles. The Bertz CT molecular complexity index is 1540. The highest BCUT2D eigenvalue weighted by Crippen LogP contribution is 2.44. The van der Waals surface area contributed by atoms with Gasteiger partial charge in [0.2, 0.25) is 15.9 Å². The van der Waals surface area contributed by atoms with Gasteiger partial charge in [-0.05, 0) is 35.4 Å². The number of amides is 1. The second kappa shape index (κ2) is 12.1. The van der Waals surface area contributed by atoms with Crippen LogP contribution in [0.5, 0.6) is 0 Å². The molecule has 10 nitrogen and oxygen atoms in total. The Balaban J connectivity index is 1.71. The van der Waals surface area contributed by atoms with Crippen LogP contribution < -0.4 is 5.73 Å². The maximum Gasteiger partial charge on any atom is 0.244 e. The third-order valence-electron chi connectivity index (χ3n) is 7.11. The molecule has 40 heavy (non-hydrogen) atoms. The van der Waals surface area contributed by atoms with Gasteiger partial charge >= 0.3 is 0 Å². The molecule has 1 unspecified atom stereocenters. The van der Waals surface area contributed by atoms with E-state index in [-0.39, 0.29) is 18.8 Å². The van der Waals surface area contributed by atoms with Gasteiger partial charge in [-0.2, -0.15) is 4.31 Å². The lowest BCUT2D eigenvalue weighted by atomic mass is 9.77. The summed E-state index contributed by atoms with van der Waals surface area (Å²) in [7, 11) is -6.74. The number of rotatable bonds is 10. The van der Waals surface area contributed by atoms with E-state index in [0.29, 0.717) is 65.7 Å². The largest absolute Gasteiger partial charge is 0.366 e. The highest BCUT2D eigenvalue weighted by molar-refractivity contribution is 7.90. The third-order valence-corrected chi connectivity index (χ3v) is 9.58. The summed E-state index contributed by atoms with van der Waals surface area (Å²) in [6.07, 6.45) is 7.18. The number of benzene rings is 1. The number of piperazine rings is 1. The molecule has 1 aliphatic heterocycles. The number of halogens is 1. The number of carbonyl (C=O) groups excluding carboxylic acids is 1. The molecule has 13 heteroatoms. The molecule has 1 amide bonds. The highest BCUT2D eigenvalue weighted by atomic mass is 35.5. The fraction of sp³-hybridized carbons (Fsp3) is 0.407. The van der Waals surface area contributed by atoms with Crippen LogP contribution in [0, 0.1) is 0 Å². The molecule has 0 bridgehead atoms. The zero-order chi connectivity index (χ0) is 29.1. The van der Waals surface area contributed by atoms with Crippen molar-refractivity contribution in [2.24, 2.45) is 5.73 Å². The number of nitrogens with two attached hydrogens (primary N) is 1. The first-order valence-corrected chi connectivity index (χ1v) is 17.0. The maximum atomic E-state index is 12.5. The molecule has 2 heterocycles. The van der Waals surface area contributed by atoms with Crippen molar-refractivity contribution in [3.63, 3.8) is 0 Å². The number of ether oxygens (including phenoxy) is 1. The fourth-order valence-corrected chi connectivity index (χ4v) is 6.97. The van der Waals surface area contributed by atoms with Crippen LogP contribution in [0.25, 0.3) is 11.3 Å². The molecular formula is C27H33ClN4O6S2. The lowest BCUT2D eigenvalue weighted by molar-refractivity contribution is -0.115. The van der Waals surface area contributed by atoms with Crippen molar-refractivity contribution in [2.75, 3.05) is 57.6 Å². The van der Waals surface area contributed by atoms with Gasteiger partial charge in [-0.1, -0.05) is 35.9 Å². The van der Waals surface area contributed by atoms with Gasteiger partial charge in [-0.15, -0.1) is 0 Å². The average Bonchev–Trinajstić information content (AvgIpc) is 2.89. The van der Waals surface area contributed by atoms with Crippen LogP contribution in [-0.4, -0.2) is 94.5 Å². The summed E-state index contributed by atoms with van der Waals surface area (Å²) >= 11 is 6.56. The summed E-state index contributed by atoms with van der Waals surface area (Å²) in [5, 5.41) is 0.455. The molecule has 0 saturated carbocycles. The topological polar surface area (TPSA) is 140 Å². The maximum absolute atomic E-state index is 12.5. The molecule has 0 spiro atoms. The number of nitrogens with zero attached hydrogens (tertiary/aromatic N) is 3. The van der Waals surface area contributed by atoms with Crippen LogP contribution >= 0.6 is 11.6 Å².